The van der Waals surface area contributed by atoms with E-state index in [1.165, 1.54) is 42.6 Å². The van der Waals surface area contributed by atoms with Gasteiger partial charge in [-0.2, -0.15) is 0 Å². The predicted molar refractivity (Wildman–Crippen MR) is 127 cm³/mol. The van der Waals surface area contributed by atoms with Crippen LogP contribution in [0.4, 0.5) is 11.6 Å². The molecule has 0 aliphatic carbocycles. The van der Waals surface area contributed by atoms with Gasteiger partial charge in [0, 0.05) is 35.0 Å². The molecule has 3 aromatic rings. The first-order valence-electron chi connectivity index (χ1n) is 9.53. The second kappa shape index (κ2) is 10.4. The number of hydrogen-bond acceptors (Lipinski definition) is 7. The van der Waals surface area contributed by atoms with Gasteiger partial charge in [-0.25, -0.2) is 36.2 Å². The highest BCUT2D eigenvalue weighted by molar-refractivity contribution is 9.10. The fraction of sp³-hybridized carbons (Fsp3) is 0.150. The Morgan fingerprint density at radius 2 is 1.52 bits per heavy atom. The van der Waals surface area contributed by atoms with Gasteiger partial charge in [-0.15, -0.1) is 0 Å². The average molecular weight is 554 g/mol. The molecule has 0 aliphatic rings. The van der Waals surface area contributed by atoms with Gasteiger partial charge in [-0.05, 0) is 61.5 Å². The minimum Gasteiger partial charge on any atom is -0.326 e. The second-order valence-corrected chi connectivity index (χ2v) is 11.2. The predicted octanol–water partition coefficient (Wildman–Crippen LogP) is 2.66. The third-order valence-corrected chi connectivity index (χ3v) is 7.59. The number of rotatable bonds is 9. The largest absolute Gasteiger partial charge is 0.326 e. The van der Waals surface area contributed by atoms with Gasteiger partial charge in [0.2, 0.25) is 21.9 Å². The lowest BCUT2D eigenvalue weighted by Gasteiger charge is -2.09. The zero-order valence-corrected chi connectivity index (χ0v) is 20.5. The number of sulfonamides is 2. The van der Waals surface area contributed by atoms with E-state index in [1.54, 1.807) is 25.1 Å². The highest BCUT2D eigenvalue weighted by atomic mass is 79.9. The first-order chi connectivity index (χ1) is 15.5. The van der Waals surface area contributed by atoms with Crippen LogP contribution in [0.1, 0.15) is 12.1 Å². The molecule has 13 heteroatoms. The zero-order valence-electron chi connectivity index (χ0n) is 17.3. The number of carbonyl (C=O) groups is 1. The third-order valence-electron chi connectivity index (χ3n) is 4.24. The standard InChI is InChI=1S/C20H20BrN5O5S2/c1-14-10-12-22-20(24-14)26-33(30,31)18-8-4-16(5-9-18)25-19(27)11-13-23-32(28,29)17-6-2-15(21)3-7-17/h2-10,12,23H,11,13H2,1H3,(H,25,27)(H,22,24,26). The molecule has 33 heavy (non-hydrogen) atoms. The van der Waals surface area contributed by atoms with Crippen LogP contribution in [0.3, 0.4) is 0 Å². The maximum absolute atomic E-state index is 12.5. The van der Waals surface area contributed by atoms with Crippen molar-refractivity contribution >= 4 is 53.5 Å². The minimum atomic E-state index is -3.90. The van der Waals surface area contributed by atoms with Crippen molar-refractivity contribution in [1.82, 2.24) is 14.7 Å². The van der Waals surface area contributed by atoms with E-state index >= 15 is 0 Å². The second-order valence-electron chi connectivity index (χ2n) is 6.80. The van der Waals surface area contributed by atoms with E-state index in [9.17, 15) is 21.6 Å². The molecule has 1 aromatic heterocycles. The molecule has 0 aliphatic heterocycles. The SMILES string of the molecule is Cc1ccnc(NS(=O)(=O)c2ccc(NC(=O)CCNS(=O)(=O)c3ccc(Br)cc3)cc2)n1. The van der Waals surface area contributed by atoms with Crippen molar-refractivity contribution in [3.63, 3.8) is 0 Å². The lowest BCUT2D eigenvalue weighted by Crippen LogP contribution is -2.27. The molecule has 0 fully saturated rings. The Morgan fingerprint density at radius 3 is 2.15 bits per heavy atom. The average Bonchev–Trinajstić information content (AvgIpc) is 2.74. The summed E-state index contributed by atoms with van der Waals surface area (Å²) in [6, 6.07) is 13.2. The molecule has 0 saturated carbocycles. The number of halogens is 1. The number of aromatic nitrogens is 2. The molecule has 0 spiro atoms. The summed E-state index contributed by atoms with van der Waals surface area (Å²) >= 11 is 3.24. The van der Waals surface area contributed by atoms with Gasteiger partial charge in [0.15, 0.2) is 0 Å². The molecule has 0 atom stereocenters. The van der Waals surface area contributed by atoms with Crippen LogP contribution in [-0.4, -0.2) is 39.3 Å². The van der Waals surface area contributed by atoms with Gasteiger partial charge >= 0.3 is 0 Å². The smallest absolute Gasteiger partial charge is 0.264 e. The molecule has 3 N–H and O–H groups in total. The first-order valence-corrected chi connectivity index (χ1v) is 13.3. The molecule has 10 nitrogen and oxygen atoms in total. The van der Waals surface area contributed by atoms with Crippen LogP contribution < -0.4 is 14.8 Å². The number of nitrogens with one attached hydrogen (secondary N) is 3. The van der Waals surface area contributed by atoms with Crippen molar-refractivity contribution in [2.45, 2.75) is 23.1 Å². The van der Waals surface area contributed by atoms with E-state index in [0.717, 1.165) is 4.47 Å². The fourth-order valence-electron chi connectivity index (χ4n) is 2.61. The molecular formula is C20H20BrN5O5S2. The number of benzene rings is 2. The van der Waals surface area contributed by atoms with Crippen LogP contribution in [0.25, 0.3) is 0 Å². The zero-order chi connectivity index (χ0) is 24.1. The van der Waals surface area contributed by atoms with E-state index in [-0.39, 0.29) is 28.7 Å². The van der Waals surface area contributed by atoms with Crippen LogP contribution in [0.2, 0.25) is 0 Å². The summed E-state index contributed by atoms with van der Waals surface area (Å²) in [5, 5.41) is 2.59. The quantitative estimate of drug-likeness (QED) is 0.369. The summed E-state index contributed by atoms with van der Waals surface area (Å²) in [5.41, 5.74) is 0.974. The van der Waals surface area contributed by atoms with Crippen LogP contribution in [0.5, 0.6) is 0 Å². The van der Waals surface area contributed by atoms with Crippen molar-refractivity contribution < 1.29 is 21.6 Å². The molecule has 0 bridgehead atoms. The molecule has 0 unspecified atom stereocenters. The summed E-state index contributed by atoms with van der Waals surface area (Å²) in [6.45, 7) is 1.61. The van der Waals surface area contributed by atoms with E-state index in [2.05, 4.69) is 40.7 Å². The molecule has 1 amide bonds. The monoisotopic (exact) mass is 553 g/mol. The van der Waals surface area contributed by atoms with E-state index < -0.39 is 26.0 Å². The van der Waals surface area contributed by atoms with Crippen molar-refractivity contribution in [2.24, 2.45) is 0 Å². The minimum absolute atomic E-state index is 0.0344. The number of nitrogens with zero attached hydrogens (tertiary/aromatic N) is 2. The maximum atomic E-state index is 12.5. The molecule has 0 radical (unpaired) electrons. The van der Waals surface area contributed by atoms with E-state index in [4.69, 9.17) is 0 Å². The number of amides is 1. The van der Waals surface area contributed by atoms with Crippen molar-refractivity contribution in [3.8, 4) is 0 Å². The Hall–Kier alpha value is -2.87. The summed E-state index contributed by atoms with van der Waals surface area (Å²) in [7, 11) is -7.63. The van der Waals surface area contributed by atoms with E-state index in [1.807, 2.05) is 0 Å². The van der Waals surface area contributed by atoms with Gasteiger partial charge in [-0.1, -0.05) is 15.9 Å². The number of hydrogen-bond donors (Lipinski definition) is 3. The van der Waals surface area contributed by atoms with Crippen LogP contribution in [0, 0.1) is 6.92 Å². The number of aryl methyl sites for hydroxylation is 1. The van der Waals surface area contributed by atoms with Crippen molar-refractivity contribution in [2.75, 3.05) is 16.6 Å². The van der Waals surface area contributed by atoms with Crippen LogP contribution in [-0.2, 0) is 24.8 Å². The number of anilines is 2. The van der Waals surface area contributed by atoms with Gasteiger partial charge in [-0.3, -0.25) is 4.79 Å². The van der Waals surface area contributed by atoms with E-state index in [0.29, 0.717) is 11.4 Å². The van der Waals surface area contributed by atoms with Crippen molar-refractivity contribution in [3.05, 3.63) is 71.0 Å². The van der Waals surface area contributed by atoms with Crippen molar-refractivity contribution in [1.29, 1.82) is 0 Å². The molecule has 0 saturated heterocycles. The molecular weight excluding hydrogens is 534 g/mol. The van der Waals surface area contributed by atoms with Gasteiger partial charge in [0.05, 0.1) is 9.79 Å². The molecule has 1 heterocycles. The molecule has 3 rings (SSSR count). The summed E-state index contributed by atoms with van der Waals surface area (Å²) in [5.74, 6) is -0.478. The van der Waals surface area contributed by atoms with Gasteiger partial charge in [0.1, 0.15) is 0 Å². The Morgan fingerprint density at radius 1 is 0.909 bits per heavy atom. The van der Waals surface area contributed by atoms with Gasteiger partial charge < -0.3 is 5.32 Å². The Bertz CT molecular complexity index is 1350. The first kappa shape index (κ1) is 24.8. The summed E-state index contributed by atoms with van der Waals surface area (Å²) in [6.07, 6.45) is 1.33. The summed E-state index contributed by atoms with van der Waals surface area (Å²) in [4.78, 5) is 20.1. The summed E-state index contributed by atoms with van der Waals surface area (Å²) < 4.78 is 54.8. The lowest BCUT2D eigenvalue weighted by molar-refractivity contribution is -0.116. The highest BCUT2D eigenvalue weighted by Gasteiger charge is 2.17. The Labute approximate surface area is 200 Å². The molecule has 174 valence electrons. The van der Waals surface area contributed by atoms with Crippen LogP contribution in [0.15, 0.2) is 75.1 Å². The lowest BCUT2D eigenvalue weighted by atomic mass is 10.3. The maximum Gasteiger partial charge on any atom is 0.264 e. The topological polar surface area (TPSA) is 147 Å². The Kier molecular flexibility index (Phi) is 7.79. The fourth-order valence-corrected chi connectivity index (χ4v) is 4.86. The van der Waals surface area contributed by atoms with Crippen LogP contribution >= 0.6 is 15.9 Å². The highest BCUT2D eigenvalue weighted by Crippen LogP contribution is 2.17. The van der Waals surface area contributed by atoms with Gasteiger partial charge in [0.25, 0.3) is 10.0 Å². The number of carbonyl (C=O) groups excluding carboxylic acids is 1. The molecule has 2 aromatic carbocycles. The Balaban J connectivity index is 1.54. The third kappa shape index (κ3) is 7.05. The normalized spacial score (nSPS) is 11.7.